The van der Waals surface area contributed by atoms with Gasteiger partial charge in [-0.05, 0) is 63.1 Å². The number of halogens is 1. The van der Waals surface area contributed by atoms with E-state index in [4.69, 9.17) is 9.15 Å². The lowest BCUT2D eigenvalue weighted by atomic mass is 9.93. The van der Waals surface area contributed by atoms with Crippen LogP contribution in [0.4, 0.5) is 0 Å². The van der Waals surface area contributed by atoms with E-state index in [2.05, 4.69) is 26.5 Å². The number of nitrogens with zero attached hydrogens (tertiary/aromatic N) is 1. The predicted octanol–water partition coefficient (Wildman–Crippen LogP) is 5.35. The van der Waals surface area contributed by atoms with Gasteiger partial charge in [0.2, 0.25) is 5.76 Å². The van der Waals surface area contributed by atoms with E-state index in [1.807, 2.05) is 26.0 Å². The fourth-order valence-electron chi connectivity index (χ4n) is 3.52. The van der Waals surface area contributed by atoms with Crippen molar-refractivity contribution < 1.29 is 18.7 Å². The third-order valence-corrected chi connectivity index (χ3v) is 5.67. The number of amides is 1. The molecule has 0 bridgehead atoms. The molecule has 0 radical (unpaired) electrons. The molecule has 1 N–H and O–H groups in total. The molecule has 0 atom stereocenters. The molecule has 0 unspecified atom stereocenters. The molecule has 7 heteroatoms. The maximum Gasteiger partial charge on any atom is 0.379 e. The second-order valence-electron chi connectivity index (χ2n) is 7.42. The van der Waals surface area contributed by atoms with Gasteiger partial charge in [-0.25, -0.2) is 10.2 Å². The van der Waals surface area contributed by atoms with Gasteiger partial charge in [0.05, 0.1) is 5.71 Å². The van der Waals surface area contributed by atoms with Crippen molar-refractivity contribution in [3.8, 4) is 5.75 Å². The van der Waals surface area contributed by atoms with Crippen LogP contribution in [0.2, 0.25) is 0 Å². The van der Waals surface area contributed by atoms with E-state index in [1.54, 1.807) is 36.4 Å². The lowest BCUT2D eigenvalue weighted by molar-refractivity contribution is 0.0698. The van der Waals surface area contributed by atoms with E-state index in [9.17, 15) is 9.59 Å². The molecule has 0 aliphatic heterocycles. The summed E-state index contributed by atoms with van der Waals surface area (Å²) in [6.07, 6.45) is 2.20. The zero-order valence-corrected chi connectivity index (χ0v) is 18.8. The molecule has 0 fully saturated rings. The van der Waals surface area contributed by atoms with E-state index < -0.39 is 5.97 Å². The van der Waals surface area contributed by atoms with Crippen LogP contribution in [-0.2, 0) is 6.42 Å². The molecule has 6 nitrogen and oxygen atoms in total. The summed E-state index contributed by atoms with van der Waals surface area (Å²) in [6, 6.07) is 14.3. The number of hydrogen-bond acceptors (Lipinski definition) is 5. The van der Waals surface area contributed by atoms with Crippen LogP contribution in [0.3, 0.4) is 0 Å². The van der Waals surface area contributed by atoms with Crippen LogP contribution >= 0.6 is 15.9 Å². The van der Waals surface area contributed by atoms with Crippen molar-refractivity contribution in [2.45, 2.75) is 33.1 Å². The number of furan rings is 1. The molecular weight excluding hydrogens is 460 g/mol. The van der Waals surface area contributed by atoms with E-state index in [0.29, 0.717) is 41.2 Å². The molecule has 1 aromatic heterocycles. The van der Waals surface area contributed by atoms with Crippen molar-refractivity contribution >= 4 is 33.5 Å². The Bertz CT molecular complexity index is 1160. The van der Waals surface area contributed by atoms with Crippen molar-refractivity contribution in [2.24, 2.45) is 5.10 Å². The summed E-state index contributed by atoms with van der Waals surface area (Å²) in [5.41, 5.74) is 6.35. The van der Waals surface area contributed by atoms with Crippen LogP contribution in [0.5, 0.6) is 5.75 Å². The molecule has 1 heterocycles. The van der Waals surface area contributed by atoms with Gasteiger partial charge in [-0.15, -0.1) is 0 Å². The summed E-state index contributed by atoms with van der Waals surface area (Å²) < 4.78 is 12.2. The highest BCUT2D eigenvalue weighted by Crippen LogP contribution is 2.30. The molecule has 1 amide bonds. The Morgan fingerprint density at radius 1 is 1.03 bits per heavy atom. The monoisotopic (exact) mass is 480 g/mol. The summed E-state index contributed by atoms with van der Waals surface area (Å²) in [5.74, 6) is 0.469. The normalized spacial score (nSPS) is 14.2. The van der Waals surface area contributed by atoms with Crippen molar-refractivity contribution in [1.82, 2.24) is 5.43 Å². The number of carbonyl (C=O) groups is 2. The zero-order valence-electron chi connectivity index (χ0n) is 17.2. The van der Waals surface area contributed by atoms with Gasteiger partial charge in [0.1, 0.15) is 11.5 Å². The van der Waals surface area contributed by atoms with E-state index >= 15 is 0 Å². The number of nitrogens with one attached hydrogen (secondary N) is 1. The standard InChI is InChI=1S/C24H21BrN2O4/c1-14-6-12-18(13-7-14)30-24(29)22-15(2)21-19(4-3-5-20(21)31-22)26-27-23(28)16-8-10-17(25)11-9-16/h6-13H,3-5H2,1-2H3,(H,27,28)/b26-19+. The quantitative estimate of drug-likeness (QED) is 0.310. The number of aryl methyl sites for hydroxylation is 2. The Hall–Kier alpha value is -3.19. The van der Waals surface area contributed by atoms with Crippen molar-refractivity contribution in [3.63, 3.8) is 0 Å². The van der Waals surface area contributed by atoms with E-state index in [0.717, 1.165) is 22.0 Å². The first-order valence-corrected chi connectivity index (χ1v) is 10.8. The first-order valence-electron chi connectivity index (χ1n) is 9.96. The maximum absolute atomic E-state index is 12.7. The van der Waals surface area contributed by atoms with E-state index in [-0.39, 0.29) is 11.7 Å². The van der Waals surface area contributed by atoms with Gasteiger partial charge in [-0.2, -0.15) is 5.10 Å². The Labute approximate surface area is 188 Å². The molecule has 0 spiro atoms. The Kier molecular flexibility index (Phi) is 6.04. The maximum atomic E-state index is 12.7. The Balaban J connectivity index is 1.55. The number of carbonyl (C=O) groups excluding carboxylic acids is 2. The highest BCUT2D eigenvalue weighted by atomic mass is 79.9. The minimum Gasteiger partial charge on any atom is -0.453 e. The van der Waals surface area contributed by atoms with Crippen LogP contribution in [0.15, 0.2) is 62.5 Å². The summed E-state index contributed by atoms with van der Waals surface area (Å²) in [5, 5.41) is 4.34. The lowest BCUT2D eigenvalue weighted by Gasteiger charge is -2.13. The third-order valence-electron chi connectivity index (χ3n) is 5.14. The molecule has 2 aromatic carbocycles. The molecular formula is C24H21BrN2O4. The van der Waals surface area contributed by atoms with Crippen LogP contribution in [0.25, 0.3) is 0 Å². The van der Waals surface area contributed by atoms with Crippen LogP contribution in [0.1, 0.15) is 56.2 Å². The molecule has 1 aliphatic rings. The van der Waals surface area contributed by atoms with Crippen molar-refractivity contribution in [1.29, 1.82) is 0 Å². The number of rotatable bonds is 4. The largest absolute Gasteiger partial charge is 0.453 e. The first-order chi connectivity index (χ1) is 14.9. The predicted molar refractivity (Wildman–Crippen MR) is 121 cm³/mol. The molecule has 0 saturated carbocycles. The molecule has 1 aliphatic carbocycles. The minimum absolute atomic E-state index is 0.166. The molecule has 3 aromatic rings. The van der Waals surface area contributed by atoms with Crippen LogP contribution in [-0.4, -0.2) is 17.6 Å². The van der Waals surface area contributed by atoms with Gasteiger partial charge >= 0.3 is 5.97 Å². The second-order valence-corrected chi connectivity index (χ2v) is 8.33. The van der Waals surface area contributed by atoms with Gasteiger partial charge in [0.15, 0.2) is 0 Å². The third kappa shape index (κ3) is 4.61. The molecule has 0 saturated heterocycles. The lowest BCUT2D eigenvalue weighted by Crippen LogP contribution is -2.22. The average Bonchev–Trinajstić information content (AvgIpc) is 3.11. The summed E-state index contributed by atoms with van der Waals surface area (Å²) in [4.78, 5) is 25.1. The highest BCUT2D eigenvalue weighted by molar-refractivity contribution is 9.10. The van der Waals surface area contributed by atoms with Gasteiger partial charge in [0, 0.05) is 27.6 Å². The number of ether oxygens (including phenoxy) is 1. The molecule has 31 heavy (non-hydrogen) atoms. The fraction of sp³-hybridized carbons (Fsp3) is 0.208. The minimum atomic E-state index is -0.547. The average molecular weight is 481 g/mol. The molecule has 4 rings (SSSR count). The van der Waals surface area contributed by atoms with Gasteiger partial charge in [-0.3, -0.25) is 4.79 Å². The summed E-state index contributed by atoms with van der Waals surface area (Å²) in [6.45, 7) is 3.78. The van der Waals surface area contributed by atoms with E-state index in [1.165, 1.54) is 0 Å². The Morgan fingerprint density at radius 3 is 2.45 bits per heavy atom. The second kappa shape index (κ2) is 8.89. The van der Waals surface area contributed by atoms with Crippen molar-refractivity contribution in [2.75, 3.05) is 0 Å². The zero-order chi connectivity index (χ0) is 22.0. The summed E-state index contributed by atoms with van der Waals surface area (Å²) >= 11 is 3.35. The number of esters is 1. The highest BCUT2D eigenvalue weighted by Gasteiger charge is 2.29. The van der Waals surface area contributed by atoms with Crippen LogP contribution < -0.4 is 10.2 Å². The fourth-order valence-corrected chi connectivity index (χ4v) is 3.78. The smallest absolute Gasteiger partial charge is 0.379 e. The SMILES string of the molecule is Cc1ccc(OC(=O)c2oc3c(c2C)/C(=N/NC(=O)c2ccc(Br)cc2)CCC3)cc1. The first kappa shape index (κ1) is 21.1. The Morgan fingerprint density at radius 2 is 1.74 bits per heavy atom. The molecule has 158 valence electrons. The topological polar surface area (TPSA) is 80.9 Å². The van der Waals surface area contributed by atoms with Gasteiger partial charge < -0.3 is 9.15 Å². The van der Waals surface area contributed by atoms with Gasteiger partial charge in [-0.1, -0.05) is 33.6 Å². The summed E-state index contributed by atoms with van der Waals surface area (Å²) in [7, 11) is 0. The number of hydrazone groups is 1. The van der Waals surface area contributed by atoms with Gasteiger partial charge in [0.25, 0.3) is 5.91 Å². The van der Waals surface area contributed by atoms with Crippen LogP contribution in [0, 0.1) is 13.8 Å². The van der Waals surface area contributed by atoms with Crippen molar-refractivity contribution in [3.05, 3.63) is 86.8 Å². The number of hydrogen-bond donors (Lipinski definition) is 1. The number of benzene rings is 2. The number of fused-ring (bicyclic) bond motifs is 1.